The summed E-state index contributed by atoms with van der Waals surface area (Å²) in [6.07, 6.45) is 2.96. The second kappa shape index (κ2) is 9.27. The molecule has 7 heteroatoms. The molecular weight excluding hydrogens is 437 g/mol. The summed E-state index contributed by atoms with van der Waals surface area (Å²) >= 11 is 12.3. The number of carbonyl (C=O) groups excluding carboxylic acids is 1. The average Bonchev–Trinajstić information content (AvgIpc) is 3.44. The number of nitrogens with one attached hydrogen (secondary N) is 1. The van der Waals surface area contributed by atoms with Crippen LogP contribution in [-0.2, 0) is 11.4 Å². The molecule has 4 rings (SSSR count). The lowest BCUT2D eigenvalue weighted by Crippen LogP contribution is -2.07. The molecule has 0 bridgehead atoms. The van der Waals surface area contributed by atoms with E-state index in [0.717, 1.165) is 5.56 Å². The van der Waals surface area contributed by atoms with Crippen molar-refractivity contribution in [1.82, 2.24) is 0 Å². The van der Waals surface area contributed by atoms with Crippen molar-refractivity contribution in [2.45, 2.75) is 6.61 Å². The predicted molar refractivity (Wildman–Crippen MR) is 122 cm³/mol. The topological polar surface area (TPSA) is 75.6 Å². The van der Waals surface area contributed by atoms with Crippen molar-refractivity contribution in [3.63, 3.8) is 0 Å². The second-order valence-corrected chi connectivity index (χ2v) is 7.41. The molecule has 2 aromatic carbocycles. The Bertz CT molecular complexity index is 1240. The minimum absolute atomic E-state index is 0.149. The largest absolute Gasteiger partial charge is 0.459 e. The van der Waals surface area contributed by atoms with Gasteiger partial charge in [0, 0.05) is 22.9 Å². The van der Waals surface area contributed by atoms with Gasteiger partial charge in [-0.2, -0.15) is 0 Å². The fraction of sp³-hybridized carbons (Fsp3) is 0.0417. The number of rotatable bonds is 6. The number of halogens is 2. The molecule has 0 spiro atoms. The summed E-state index contributed by atoms with van der Waals surface area (Å²) in [5.74, 6) is 1.91. The maximum Gasteiger partial charge on any atom is 0.248 e. The van der Waals surface area contributed by atoms with Crippen molar-refractivity contribution in [2.75, 3.05) is 5.32 Å². The van der Waals surface area contributed by atoms with Crippen LogP contribution in [0.15, 0.2) is 81.6 Å². The molecule has 0 saturated carbocycles. The third-order valence-corrected chi connectivity index (χ3v) is 5.32. The molecule has 2 aromatic heterocycles. The minimum atomic E-state index is -0.299. The fourth-order valence-electron chi connectivity index (χ4n) is 2.96. The number of aliphatic hydroxyl groups excluding tert-OH is 1. The van der Waals surface area contributed by atoms with Gasteiger partial charge in [-0.1, -0.05) is 29.3 Å². The second-order valence-electron chi connectivity index (χ2n) is 6.63. The smallest absolute Gasteiger partial charge is 0.248 e. The third-order valence-electron chi connectivity index (χ3n) is 4.50. The van der Waals surface area contributed by atoms with Crippen molar-refractivity contribution < 1.29 is 18.7 Å². The zero-order valence-electron chi connectivity index (χ0n) is 16.1. The van der Waals surface area contributed by atoms with E-state index in [1.807, 2.05) is 18.2 Å². The molecule has 4 aromatic rings. The molecule has 156 valence electrons. The van der Waals surface area contributed by atoms with Gasteiger partial charge >= 0.3 is 0 Å². The van der Waals surface area contributed by atoms with E-state index in [9.17, 15) is 4.79 Å². The van der Waals surface area contributed by atoms with E-state index in [-0.39, 0.29) is 12.5 Å². The Labute approximate surface area is 188 Å². The molecule has 0 aliphatic carbocycles. The monoisotopic (exact) mass is 453 g/mol. The summed E-state index contributed by atoms with van der Waals surface area (Å²) in [5.41, 5.74) is 2.16. The van der Waals surface area contributed by atoms with Crippen LogP contribution in [0.2, 0.25) is 10.0 Å². The lowest BCUT2D eigenvalue weighted by Gasteiger charge is -2.03. The van der Waals surface area contributed by atoms with E-state index in [2.05, 4.69) is 5.32 Å². The Morgan fingerprint density at radius 2 is 1.71 bits per heavy atom. The highest BCUT2D eigenvalue weighted by Crippen LogP contribution is 2.34. The van der Waals surface area contributed by atoms with Gasteiger partial charge in [0.1, 0.15) is 29.6 Å². The molecule has 31 heavy (non-hydrogen) atoms. The Balaban J connectivity index is 1.40. The molecule has 0 unspecified atom stereocenters. The number of benzene rings is 2. The van der Waals surface area contributed by atoms with Crippen molar-refractivity contribution in [3.05, 3.63) is 94.4 Å². The van der Waals surface area contributed by atoms with E-state index >= 15 is 0 Å². The number of amides is 1. The van der Waals surface area contributed by atoms with Gasteiger partial charge in [0.2, 0.25) is 5.91 Å². The standard InChI is InChI=1S/C24H17Cl2NO4/c25-20-3-1-2-19(24(20)26)22-12-8-17(30-22)10-13-23(29)27-16-6-4-15(5-7-16)21-11-9-18(14-28)31-21/h1-13,28H,14H2,(H,27,29)/b13-10+. The Morgan fingerprint density at radius 3 is 2.45 bits per heavy atom. The molecular formula is C24H17Cl2NO4. The summed E-state index contributed by atoms with van der Waals surface area (Å²) in [6.45, 7) is -0.149. The Morgan fingerprint density at radius 1 is 0.935 bits per heavy atom. The zero-order chi connectivity index (χ0) is 21.8. The van der Waals surface area contributed by atoms with Crippen molar-refractivity contribution in [1.29, 1.82) is 0 Å². The first-order valence-corrected chi connectivity index (χ1v) is 10.1. The first kappa shape index (κ1) is 21.0. The van der Waals surface area contributed by atoms with Crippen molar-refractivity contribution in [2.24, 2.45) is 0 Å². The summed E-state index contributed by atoms with van der Waals surface area (Å²) in [4.78, 5) is 12.2. The van der Waals surface area contributed by atoms with Crippen LogP contribution in [0.5, 0.6) is 0 Å². The SMILES string of the molecule is O=C(/C=C/c1ccc(-c2cccc(Cl)c2Cl)o1)Nc1ccc(-c2ccc(CO)o2)cc1. The van der Waals surface area contributed by atoms with Gasteiger partial charge in [-0.05, 0) is 66.7 Å². The van der Waals surface area contributed by atoms with Gasteiger partial charge in [0.15, 0.2) is 0 Å². The van der Waals surface area contributed by atoms with Gasteiger partial charge in [-0.25, -0.2) is 0 Å². The minimum Gasteiger partial charge on any atom is -0.459 e. The van der Waals surface area contributed by atoms with Crippen LogP contribution < -0.4 is 5.32 Å². The van der Waals surface area contributed by atoms with E-state index in [1.54, 1.807) is 54.6 Å². The molecule has 2 heterocycles. The Hall–Kier alpha value is -3.25. The third kappa shape index (κ3) is 4.91. The van der Waals surface area contributed by atoms with Crippen LogP contribution >= 0.6 is 23.2 Å². The summed E-state index contributed by atoms with van der Waals surface area (Å²) in [6, 6.07) is 19.5. The lowest BCUT2D eigenvalue weighted by molar-refractivity contribution is -0.111. The van der Waals surface area contributed by atoms with E-state index in [4.69, 9.17) is 37.1 Å². The summed E-state index contributed by atoms with van der Waals surface area (Å²) < 4.78 is 11.2. The van der Waals surface area contributed by atoms with Gasteiger partial charge in [0.05, 0.1) is 10.0 Å². The number of anilines is 1. The summed E-state index contributed by atoms with van der Waals surface area (Å²) in [7, 11) is 0. The quantitative estimate of drug-likeness (QED) is 0.320. The molecule has 0 radical (unpaired) electrons. The first-order valence-electron chi connectivity index (χ1n) is 9.37. The lowest BCUT2D eigenvalue weighted by atomic mass is 10.1. The highest BCUT2D eigenvalue weighted by molar-refractivity contribution is 6.43. The van der Waals surface area contributed by atoms with E-state index in [1.165, 1.54) is 6.08 Å². The van der Waals surface area contributed by atoms with Crippen LogP contribution in [0.4, 0.5) is 5.69 Å². The van der Waals surface area contributed by atoms with Crippen LogP contribution in [0.3, 0.4) is 0 Å². The number of hydrogen-bond donors (Lipinski definition) is 2. The highest BCUT2D eigenvalue weighted by atomic mass is 35.5. The molecule has 0 saturated heterocycles. The maximum atomic E-state index is 12.2. The maximum absolute atomic E-state index is 12.2. The fourth-order valence-corrected chi connectivity index (χ4v) is 3.35. The highest BCUT2D eigenvalue weighted by Gasteiger charge is 2.10. The number of carbonyl (C=O) groups is 1. The van der Waals surface area contributed by atoms with Crippen LogP contribution in [0, 0.1) is 0 Å². The number of furan rings is 2. The van der Waals surface area contributed by atoms with Gasteiger partial charge in [0.25, 0.3) is 0 Å². The molecule has 5 nitrogen and oxygen atoms in total. The van der Waals surface area contributed by atoms with Gasteiger partial charge in [-0.3, -0.25) is 4.79 Å². The first-order chi connectivity index (χ1) is 15.0. The predicted octanol–water partition coefficient (Wildman–Crippen LogP) is 6.66. The van der Waals surface area contributed by atoms with Crippen LogP contribution in [-0.4, -0.2) is 11.0 Å². The van der Waals surface area contributed by atoms with Crippen LogP contribution in [0.25, 0.3) is 28.7 Å². The molecule has 0 fully saturated rings. The van der Waals surface area contributed by atoms with E-state index < -0.39 is 0 Å². The number of hydrogen-bond acceptors (Lipinski definition) is 4. The number of aliphatic hydroxyl groups is 1. The Kier molecular flexibility index (Phi) is 6.28. The zero-order valence-corrected chi connectivity index (χ0v) is 17.7. The van der Waals surface area contributed by atoms with Gasteiger partial charge < -0.3 is 19.3 Å². The van der Waals surface area contributed by atoms with Crippen molar-refractivity contribution >= 4 is 40.9 Å². The van der Waals surface area contributed by atoms with Crippen molar-refractivity contribution in [3.8, 4) is 22.6 Å². The average molecular weight is 454 g/mol. The van der Waals surface area contributed by atoms with Crippen LogP contribution in [0.1, 0.15) is 11.5 Å². The molecule has 0 atom stereocenters. The normalized spacial score (nSPS) is 11.2. The molecule has 0 aliphatic heterocycles. The van der Waals surface area contributed by atoms with E-state index in [0.29, 0.717) is 44.3 Å². The van der Waals surface area contributed by atoms with Gasteiger partial charge in [-0.15, -0.1) is 0 Å². The molecule has 2 N–H and O–H groups in total. The summed E-state index contributed by atoms with van der Waals surface area (Å²) in [5, 5.41) is 12.7. The molecule has 0 aliphatic rings. The molecule has 1 amide bonds.